The van der Waals surface area contributed by atoms with Crippen molar-refractivity contribution >= 4 is 0 Å². The Bertz CT molecular complexity index is 195. The van der Waals surface area contributed by atoms with Gasteiger partial charge in [0.25, 0.3) is 0 Å². The van der Waals surface area contributed by atoms with E-state index in [1.807, 2.05) is 0 Å². The molecule has 0 aromatic carbocycles. The Morgan fingerprint density at radius 3 is 2.87 bits per heavy atom. The van der Waals surface area contributed by atoms with Gasteiger partial charge in [0, 0.05) is 32.8 Å². The van der Waals surface area contributed by atoms with Crippen LogP contribution in [0.1, 0.15) is 19.8 Å². The van der Waals surface area contributed by atoms with E-state index in [1.165, 1.54) is 12.8 Å². The first-order valence-corrected chi connectivity index (χ1v) is 5.97. The molecule has 2 aliphatic heterocycles. The van der Waals surface area contributed by atoms with Crippen LogP contribution in [0.25, 0.3) is 0 Å². The molecule has 0 bridgehead atoms. The molecule has 0 aromatic heterocycles. The van der Waals surface area contributed by atoms with Crippen LogP contribution < -0.4 is 5.73 Å². The molecule has 88 valence electrons. The van der Waals surface area contributed by atoms with Gasteiger partial charge < -0.3 is 15.2 Å². The summed E-state index contributed by atoms with van der Waals surface area (Å²) in [6.07, 6.45) is 3.36. The second kappa shape index (κ2) is 5.25. The summed E-state index contributed by atoms with van der Waals surface area (Å²) >= 11 is 0. The molecule has 0 aliphatic carbocycles. The summed E-state index contributed by atoms with van der Waals surface area (Å²) in [5, 5.41) is 0. The normalized spacial score (nSPS) is 38.4. The molecular formula is C11H22N2O2. The average molecular weight is 214 g/mol. The number of hydrogen-bond acceptors (Lipinski definition) is 4. The molecule has 2 heterocycles. The smallest absolute Gasteiger partial charge is 0.0828 e. The first kappa shape index (κ1) is 11.3. The van der Waals surface area contributed by atoms with Crippen molar-refractivity contribution in [1.29, 1.82) is 0 Å². The van der Waals surface area contributed by atoms with E-state index in [1.54, 1.807) is 0 Å². The second-order valence-electron chi connectivity index (χ2n) is 4.66. The van der Waals surface area contributed by atoms with Crippen LogP contribution in [0.4, 0.5) is 0 Å². The standard InChI is InChI=1S/C11H22N2O2/c1-9-6-13(8-11(5-12)15-9)7-10-3-2-4-14-10/h9-11H,2-8,12H2,1H3. The van der Waals surface area contributed by atoms with Gasteiger partial charge in [-0.15, -0.1) is 0 Å². The molecule has 0 aromatic rings. The Morgan fingerprint density at radius 1 is 1.33 bits per heavy atom. The SMILES string of the molecule is CC1CN(CC2CCCO2)CC(CN)O1. The van der Waals surface area contributed by atoms with E-state index in [0.717, 1.165) is 26.2 Å². The zero-order valence-corrected chi connectivity index (χ0v) is 9.52. The molecule has 0 saturated carbocycles. The Hall–Kier alpha value is -0.160. The predicted molar refractivity (Wildman–Crippen MR) is 58.8 cm³/mol. The molecule has 0 spiro atoms. The maximum absolute atomic E-state index is 5.72. The highest BCUT2D eigenvalue weighted by molar-refractivity contribution is 4.79. The van der Waals surface area contributed by atoms with Crippen LogP contribution in [0.3, 0.4) is 0 Å². The molecule has 2 fully saturated rings. The third kappa shape index (κ3) is 3.14. The van der Waals surface area contributed by atoms with Crippen molar-refractivity contribution in [1.82, 2.24) is 4.90 Å². The van der Waals surface area contributed by atoms with Crippen LogP contribution in [0.2, 0.25) is 0 Å². The van der Waals surface area contributed by atoms with E-state index in [4.69, 9.17) is 15.2 Å². The Balaban J connectivity index is 1.80. The third-order valence-electron chi connectivity index (χ3n) is 3.15. The lowest BCUT2D eigenvalue weighted by Gasteiger charge is -2.37. The molecule has 2 rings (SSSR count). The van der Waals surface area contributed by atoms with Crippen molar-refractivity contribution in [3.63, 3.8) is 0 Å². The Kier molecular flexibility index (Phi) is 3.97. The molecule has 2 N–H and O–H groups in total. The summed E-state index contributed by atoms with van der Waals surface area (Å²) in [6.45, 7) is 6.68. The van der Waals surface area contributed by atoms with Gasteiger partial charge in [0.05, 0.1) is 18.3 Å². The van der Waals surface area contributed by atoms with E-state index in [2.05, 4.69) is 11.8 Å². The van der Waals surface area contributed by atoms with E-state index < -0.39 is 0 Å². The van der Waals surface area contributed by atoms with Crippen molar-refractivity contribution < 1.29 is 9.47 Å². The maximum atomic E-state index is 5.72. The Morgan fingerprint density at radius 2 is 2.20 bits per heavy atom. The molecule has 4 nitrogen and oxygen atoms in total. The summed E-state index contributed by atoms with van der Waals surface area (Å²) in [5.74, 6) is 0. The van der Waals surface area contributed by atoms with E-state index in [-0.39, 0.29) is 6.10 Å². The number of morpholine rings is 1. The lowest BCUT2D eigenvalue weighted by Crippen LogP contribution is -2.51. The van der Waals surface area contributed by atoms with Crippen LogP contribution in [0, 0.1) is 0 Å². The summed E-state index contributed by atoms with van der Waals surface area (Å²) in [6, 6.07) is 0. The van der Waals surface area contributed by atoms with Gasteiger partial charge in [-0.1, -0.05) is 0 Å². The molecule has 3 atom stereocenters. The lowest BCUT2D eigenvalue weighted by molar-refractivity contribution is -0.0814. The number of nitrogens with two attached hydrogens (primary N) is 1. The first-order chi connectivity index (χ1) is 7.28. The average Bonchev–Trinajstić information content (AvgIpc) is 2.69. The van der Waals surface area contributed by atoms with Crippen LogP contribution in [-0.2, 0) is 9.47 Å². The molecule has 15 heavy (non-hydrogen) atoms. The van der Waals surface area contributed by atoms with E-state index >= 15 is 0 Å². The van der Waals surface area contributed by atoms with Gasteiger partial charge in [-0.05, 0) is 19.8 Å². The fourth-order valence-electron chi connectivity index (χ4n) is 2.50. The van der Waals surface area contributed by atoms with Crippen LogP contribution in [-0.4, -0.2) is 56.0 Å². The zero-order valence-electron chi connectivity index (χ0n) is 9.52. The van der Waals surface area contributed by atoms with Gasteiger partial charge in [-0.2, -0.15) is 0 Å². The number of hydrogen-bond donors (Lipinski definition) is 1. The second-order valence-corrected chi connectivity index (χ2v) is 4.66. The summed E-state index contributed by atoms with van der Waals surface area (Å²) < 4.78 is 11.4. The fourth-order valence-corrected chi connectivity index (χ4v) is 2.50. The number of nitrogens with zero attached hydrogens (tertiary/aromatic N) is 1. The monoisotopic (exact) mass is 214 g/mol. The van der Waals surface area contributed by atoms with Crippen molar-refractivity contribution in [3.05, 3.63) is 0 Å². The molecule has 2 saturated heterocycles. The van der Waals surface area contributed by atoms with Crippen LogP contribution in [0.5, 0.6) is 0 Å². The molecule has 3 unspecified atom stereocenters. The van der Waals surface area contributed by atoms with Gasteiger partial charge in [0.15, 0.2) is 0 Å². The van der Waals surface area contributed by atoms with Crippen molar-refractivity contribution in [2.24, 2.45) is 5.73 Å². The van der Waals surface area contributed by atoms with Crippen molar-refractivity contribution in [2.45, 2.75) is 38.1 Å². The highest BCUT2D eigenvalue weighted by Crippen LogP contribution is 2.16. The number of rotatable bonds is 3. The summed E-state index contributed by atoms with van der Waals surface area (Å²) in [5.41, 5.74) is 5.65. The minimum absolute atomic E-state index is 0.204. The summed E-state index contributed by atoms with van der Waals surface area (Å²) in [4.78, 5) is 2.43. The highest BCUT2D eigenvalue weighted by Gasteiger charge is 2.27. The van der Waals surface area contributed by atoms with Gasteiger partial charge in [0.2, 0.25) is 0 Å². The van der Waals surface area contributed by atoms with E-state index in [9.17, 15) is 0 Å². The van der Waals surface area contributed by atoms with E-state index in [0.29, 0.717) is 18.8 Å². The first-order valence-electron chi connectivity index (χ1n) is 5.97. The Labute approximate surface area is 91.7 Å². The van der Waals surface area contributed by atoms with Crippen LogP contribution in [0.15, 0.2) is 0 Å². The lowest BCUT2D eigenvalue weighted by atomic mass is 10.1. The third-order valence-corrected chi connectivity index (χ3v) is 3.15. The van der Waals surface area contributed by atoms with Crippen molar-refractivity contribution in [2.75, 3.05) is 32.8 Å². The molecule has 2 aliphatic rings. The molecular weight excluding hydrogens is 192 g/mol. The van der Waals surface area contributed by atoms with Crippen molar-refractivity contribution in [3.8, 4) is 0 Å². The minimum atomic E-state index is 0.204. The topological polar surface area (TPSA) is 47.7 Å². The minimum Gasteiger partial charge on any atom is -0.377 e. The van der Waals surface area contributed by atoms with Gasteiger partial charge in [-0.25, -0.2) is 0 Å². The molecule has 4 heteroatoms. The molecule has 0 amide bonds. The van der Waals surface area contributed by atoms with Gasteiger partial charge >= 0.3 is 0 Å². The fraction of sp³-hybridized carbons (Fsp3) is 1.00. The van der Waals surface area contributed by atoms with Crippen LogP contribution >= 0.6 is 0 Å². The largest absolute Gasteiger partial charge is 0.377 e. The van der Waals surface area contributed by atoms with Gasteiger partial charge in [-0.3, -0.25) is 4.90 Å². The molecule has 0 radical (unpaired) electrons. The predicted octanol–water partition coefficient (Wildman–Crippen LogP) is 0.213. The zero-order chi connectivity index (χ0) is 10.7. The quantitative estimate of drug-likeness (QED) is 0.730. The summed E-state index contributed by atoms with van der Waals surface area (Å²) in [7, 11) is 0. The van der Waals surface area contributed by atoms with Gasteiger partial charge in [0.1, 0.15) is 0 Å². The maximum Gasteiger partial charge on any atom is 0.0828 e. The highest BCUT2D eigenvalue weighted by atomic mass is 16.5. The number of ether oxygens (including phenoxy) is 2.